The molecule has 0 aliphatic rings. The molecule has 0 bridgehead atoms. The molecule has 1 aromatic heterocycles. The van der Waals surface area contributed by atoms with Crippen molar-refractivity contribution in [2.24, 2.45) is 5.84 Å². The maximum Gasteiger partial charge on any atom is 0.435 e. The number of likely N-dealkylation sites (N-methyl/N-ethyl adjacent to an activating group) is 1. The predicted molar refractivity (Wildman–Crippen MR) is 44.2 cm³/mol. The van der Waals surface area contributed by atoms with Crippen LogP contribution in [0.25, 0.3) is 0 Å². The Morgan fingerprint density at radius 1 is 1.67 bits per heavy atom. The summed E-state index contributed by atoms with van der Waals surface area (Å²) in [4.78, 5) is 11.0. The summed E-state index contributed by atoms with van der Waals surface area (Å²) >= 11 is 0. The first-order chi connectivity index (χ1) is 6.80. The Morgan fingerprint density at radius 3 is 2.67 bits per heavy atom. The fourth-order valence-electron chi connectivity index (χ4n) is 0.851. The molecule has 0 aliphatic heterocycles. The van der Waals surface area contributed by atoms with Gasteiger partial charge in [-0.2, -0.15) is 18.3 Å². The summed E-state index contributed by atoms with van der Waals surface area (Å²) in [6, 6.07) is 0.795. The molecule has 2 N–H and O–H groups in total. The van der Waals surface area contributed by atoms with E-state index in [1.54, 1.807) is 0 Å². The van der Waals surface area contributed by atoms with E-state index in [4.69, 9.17) is 5.84 Å². The van der Waals surface area contributed by atoms with E-state index in [2.05, 4.69) is 5.10 Å². The van der Waals surface area contributed by atoms with Gasteiger partial charge in [-0.15, -0.1) is 0 Å². The molecule has 5 nitrogen and oxygen atoms in total. The summed E-state index contributed by atoms with van der Waals surface area (Å²) in [6.45, 7) is -0.316. The molecule has 1 aromatic rings. The van der Waals surface area contributed by atoms with E-state index in [1.165, 1.54) is 7.05 Å². The molecule has 0 spiro atoms. The van der Waals surface area contributed by atoms with Gasteiger partial charge in [0, 0.05) is 13.2 Å². The third-order valence-corrected chi connectivity index (χ3v) is 1.62. The monoisotopic (exact) mass is 222 g/mol. The fraction of sp³-hybridized carbons (Fsp3) is 0.429. The standard InChI is InChI=1S/C7H9F3N4O/c1-13(11)6(15)4-14-3-2-5(12-14)7(8,9)10/h2-3H,4,11H2,1H3. The summed E-state index contributed by atoms with van der Waals surface area (Å²) in [5.74, 6) is 4.56. The Bertz CT molecular complexity index is 357. The Kier molecular flexibility index (Phi) is 2.98. The molecular weight excluding hydrogens is 213 g/mol. The number of carbonyl (C=O) groups excluding carboxylic acids is 1. The Balaban J connectivity index is 2.73. The number of amides is 1. The molecule has 84 valence electrons. The van der Waals surface area contributed by atoms with E-state index in [0.29, 0.717) is 0 Å². The Labute approximate surface area is 83.2 Å². The van der Waals surface area contributed by atoms with Crippen molar-refractivity contribution in [1.29, 1.82) is 0 Å². The van der Waals surface area contributed by atoms with E-state index >= 15 is 0 Å². The first-order valence-corrected chi connectivity index (χ1v) is 3.92. The van der Waals surface area contributed by atoms with Gasteiger partial charge in [0.2, 0.25) is 0 Å². The summed E-state index contributed by atoms with van der Waals surface area (Å²) in [5.41, 5.74) is -1.03. The molecule has 0 unspecified atom stereocenters. The molecule has 1 amide bonds. The van der Waals surface area contributed by atoms with Gasteiger partial charge in [0.05, 0.1) is 0 Å². The molecule has 0 atom stereocenters. The molecule has 0 radical (unpaired) electrons. The van der Waals surface area contributed by atoms with Crippen LogP contribution in [-0.4, -0.2) is 27.7 Å². The lowest BCUT2D eigenvalue weighted by Gasteiger charge is -2.09. The zero-order valence-electron chi connectivity index (χ0n) is 7.82. The van der Waals surface area contributed by atoms with Gasteiger partial charge in [0.25, 0.3) is 5.91 Å². The molecule has 1 heterocycles. The second-order valence-corrected chi connectivity index (χ2v) is 2.90. The topological polar surface area (TPSA) is 64.2 Å². The highest BCUT2D eigenvalue weighted by Crippen LogP contribution is 2.27. The number of hydrogen-bond donors (Lipinski definition) is 1. The number of hydrazine groups is 1. The maximum absolute atomic E-state index is 12.1. The van der Waals surface area contributed by atoms with Crippen molar-refractivity contribution in [2.45, 2.75) is 12.7 Å². The first kappa shape index (κ1) is 11.5. The lowest BCUT2D eigenvalue weighted by Crippen LogP contribution is -2.35. The molecule has 0 aromatic carbocycles. The second-order valence-electron chi connectivity index (χ2n) is 2.90. The van der Waals surface area contributed by atoms with Crippen LogP contribution in [0, 0.1) is 0 Å². The third-order valence-electron chi connectivity index (χ3n) is 1.62. The highest BCUT2D eigenvalue weighted by Gasteiger charge is 2.33. The quantitative estimate of drug-likeness (QED) is 0.442. The van der Waals surface area contributed by atoms with E-state index in [1.807, 2.05) is 0 Å². The Hall–Kier alpha value is -1.57. The van der Waals surface area contributed by atoms with Gasteiger partial charge in [0.15, 0.2) is 5.69 Å². The van der Waals surface area contributed by atoms with Gasteiger partial charge in [-0.1, -0.05) is 0 Å². The van der Waals surface area contributed by atoms with Crippen molar-refractivity contribution in [3.8, 4) is 0 Å². The molecule has 15 heavy (non-hydrogen) atoms. The minimum atomic E-state index is -4.50. The van der Waals surface area contributed by atoms with Gasteiger partial charge in [-0.25, -0.2) is 5.84 Å². The number of halogens is 3. The number of nitrogens with two attached hydrogens (primary N) is 1. The highest BCUT2D eigenvalue weighted by atomic mass is 19.4. The van der Waals surface area contributed by atoms with E-state index < -0.39 is 17.8 Å². The van der Waals surface area contributed by atoms with Gasteiger partial charge in [-0.3, -0.25) is 14.5 Å². The van der Waals surface area contributed by atoms with Gasteiger partial charge < -0.3 is 0 Å². The second kappa shape index (κ2) is 3.89. The van der Waals surface area contributed by atoms with Crippen molar-refractivity contribution in [2.75, 3.05) is 7.05 Å². The summed E-state index contributed by atoms with van der Waals surface area (Å²) in [5, 5.41) is 3.98. The lowest BCUT2D eigenvalue weighted by atomic mass is 10.4. The molecule has 1 rings (SSSR count). The summed E-state index contributed by atoms with van der Waals surface area (Å²) in [7, 11) is 1.30. The van der Waals surface area contributed by atoms with Crippen LogP contribution in [0.5, 0.6) is 0 Å². The smallest absolute Gasteiger partial charge is 0.282 e. The highest BCUT2D eigenvalue weighted by molar-refractivity contribution is 5.74. The zero-order chi connectivity index (χ0) is 11.6. The van der Waals surface area contributed by atoms with E-state index in [9.17, 15) is 18.0 Å². The number of aromatic nitrogens is 2. The van der Waals surface area contributed by atoms with Crippen LogP contribution in [-0.2, 0) is 17.5 Å². The number of hydrogen-bond acceptors (Lipinski definition) is 3. The van der Waals surface area contributed by atoms with Crippen LogP contribution in [0.4, 0.5) is 13.2 Å². The van der Waals surface area contributed by atoms with Crippen molar-refractivity contribution in [3.05, 3.63) is 18.0 Å². The van der Waals surface area contributed by atoms with E-state index in [0.717, 1.165) is 22.0 Å². The molecule has 8 heteroatoms. The Morgan fingerprint density at radius 2 is 2.27 bits per heavy atom. The zero-order valence-corrected chi connectivity index (χ0v) is 7.82. The lowest BCUT2D eigenvalue weighted by molar-refractivity contribution is -0.142. The first-order valence-electron chi connectivity index (χ1n) is 3.92. The fourth-order valence-corrected chi connectivity index (χ4v) is 0.851. The number of carbonyl (C=O) groups is 1. The number of alkyl halides is 3. The molecule has 0 aliphatic carbocycles. The van der Waals surface area contributed by atoms with E-state index in [-0.39, 0.29) is 6.54 Å². The van der Waals surface area contributed by atoms with Crippen LogP contribution in [0.1, 0.15) is 5.69 Å². The normalized spacial score (nSPS) is 11.5. The minimum Gasteiger partial charge on any atom is -0.282 e. The van der Waals surface area contributed by atoms with Crippen molar-refractivity contribution in [1.82, 2.24) is 14.8 Å². The number of rotatable bonds is 2. The average molecular weight is 222 g/mol. The van der Waals surface area contributed by atoms with Gasteiger partial charge in [0.1, 0.15) is 6.54 Å². The van der Waals surface area contributed by atoms with Crippen molar-refractivity contribution >= 4 is 5.91 Å². The summed E-state index contributed by atoms with van der Waals surface area (Å²) < 4.78 is 37.2. The maximum atomic E-state index is 12.1. The van der Waals surface area contributed by atoms with Crippen LogP contribution in [0.3, 0.4) is 0 Å². The molecule has 0 saturated carbocycles. The van der Waals surface area contributed by atoms with Gasteiger partial charge in [-0.05, 0) is 6.07 Å². The molecular formula is C7H9F3N4O. The largest absolute Gasteiger partial charge is 0.435 e. The van der Waals surface area contributed by atoms with Crippen molar-refractivity contribution in [3.63, 3.8) is 0 Å². The molecule has 0 saturated heterocycles. The van der Waals surface area contributed by atoms with Crippen LogP contribution >= 0.6 is 0 Å². The number of nitrogens with zero attached hydrogens (tertiary/aromatic N) is 3. The third kappa shape index (κ3) is 2.94. The SMILES string of the molecule is CN(N)C(=O)Cn1ccc(C(F)(F)F)n1. The van der Waals surface area contributed by atoms with Crippen LogP contribution in [0.15, 0.2) is 12.3 Å². The minimum absolute atomic E-state index is 0.316. The molecule has 0 fully saturated rings. The van der Waals surface area contributed by atoms with Crippen molar-refractivity contribution < 1.29 is 18.0 Å². The average Bonchev–Trinajstić information content (AvgIpc) is 2.51. The van der Waals surface area contributed by atoms with Crippen LogP contribution < -0.4 is 5.84 Å². The predicted octanol–water partition coefficient (Wildman–Crippen LogP) is 0.234. The summed E-state index contributed by atoms with van der Waals surface area (Å²) in [6.07, 6.45) is -3.42. The van der Waals surface area contributed by atoms with Gasteiger partial charge >= 0.3 is 6.18 Å². The van der Waals surface area contributed by atoms with Crippen LogP contribution in [0.2, 0.25) is 0 Å².